The molecule has 0 saturated carbocycles. The van der Waals surface area contributed by atoms with Crippen LogP contribution in [0.2, 0.25) is 0 Å². The topological polar surface area (TPSA) is 42.0 Å². The zero-order valence-corrected chi connectivity index (χ0v) is 10.0. The van der Waals surface area contributed by atoms with Crippen LogP contribution in [0.25, 0.3) is 0 Å². The molecule has 4 heteroatoms. The molecule has 1 aliphatic rings. The Balaban J connectivity index is 0.00000128. The van der Waals surface area contributed by atoms with Crippen LogP contribution in [0.5, 0.6) is 0 Å². The average molecular weight is 241 g/mol. The van der Waals surface area contributed by atoms with Crippen LogP contribution in [0, 0.1) is 0 Å². The molecule has 2 heterocycles. The van der Waals surface area contributed by atoms with E-state index >= 15 is 0 Å². The summed E-state index contributed by atoms with van der Waals surface area (Å²) in [6.07, 6.45) is 5.27. The van der Waals surface area contributed by atoms with E-state index < -0.39 is 0 Å². The van der Waals surface area contributed by atoms with Gasteiger partial charge in [0.15, 0.2) is 0 Å². The predicted octanol–water partition coefficient (Wildman–Crippen LogP) is 1.76. The van der Waals surface area contributed by atoms with Crippen molar-refractivity contribution >= 4 is 18.2 Å². The van der Waals surface area contributed by atoms with E-state index in [2.05, 4.69) is 10.3 Å². The second kappa shape index (κ2) is 6.61. The first-order chi connectivity index (χ1) is 7.36. The molecule has 1 atom stereocenters. The minimum absolute atomic E-state index is 0. The maximum atomic E-state index is 11.7. The van der Waals surface area contributed by atoms with Crippen LogP contribution in [-0.2, 0) is 11.2 Å². The zero-order chi connectivity index (χ0) is 10.5. The van der Waals surface area contributed by atoms with E-state index in [9.17, 15) is 4.79 Å². The van der Waals surface area contributed by atoms with E-state index in [1.54, 1.807) is 6.20 Å². The highest BCUT2D eigenvalue weighted by Gasteiger charge is 2.21. The van der Waals surface area contributed by atoms with Crippen LogP contribution in [0.1, 0.15) is 25.0 Å². The third-order valence-electron chi connectivity index (χ3n) is 2.80. The number of carbonyl (C=O) groups is 1. The fourth-order valence-electron chi connectivity index (χ4n) is 1.93. The standard InChI is InChI=1S/C12H16N2O.ClH/c15-12(11-5-3-9-14-11)7-6-10-4-1-2-8-13-10;/h1-2,4,8,11,14H,3,5-7,9H2;1H/t11-;/m1./s1. The molecule has 88 valence electrons. The molecular weight excluding hydrogens is 224 g/mol. The second-order valence-electron chi connectivity index (χ2n) is 3.94. The Morgan fingerprint density at radius 3 is 3.00 bits per heavy atom. The molecular formula is C12H17ClN2O. The number of ketones is 1. The maximum absolute atomic E-state index is 11.7. The molecule has 3 nitrogen and oxygen atoms in total. The summed E-state index contributed by atoms with van der Waals surface area (Å²) in [6, 6.07) is 5.92. The summed E-state index contributed by atoms with van der Waals surface area (Å²) >= 11 is 0. The Morgan fingerprint density at radius 2 is 2.38 bits per heavy atom. The summed E-state index contributed by atoms with van der Waals surface area (Å²) in [4.78, 5) is 15.9. The summed E-state index contributed by atoms with van der Waals surface area (Å²) in [7, 11) is 0. The third kappa shape index (κ3) is 3.58. The van der Waals surface area contributed by atoms with E-state index in [4.69, 9.17) is 0 Å². The third-order valence-corrected chi connectivity index (χ3v) is 2.80. The molecule has 0 aromatic carbocycles. The lowest BCUT2D eigenvalue weighted by molar-refractivity contribution is -0.120. The van der Waals surface area contributed by atoms with Crippen molar-refractivity contribution in [2.75, 3.05) is 6.54 Å². The van der Waals surface area contributed by atoms with Crippen LogP contribution in [-0.4, -0.2) is 23.4 Å². The molecule has 1 aromatic rings. The zero-order valence-electron chi connectivity index (χ0n) is 9.19. The van der Waals surface area contributed by atoms with Crippen molar-refractivity contribution in [3.63, 3.8) is 0 Å². The van der Waals surface area contributed by atoms with Gasteiger partial charge in [0.2, 0.25) is 0 Å². The highest BCUT2D eigenvalue weighted by molar-refractivity contribution is 5.85. The summed E-state index contributed by atoms with van der Waals surface area (Å²) in [5.74, 6) is 0.332. The molecule has 1 N–H and O–H groups in total. The molecule has 0 bridgehead atoms. The lowest BCUT2D eigenvalue weighted by Crippen LogP contribution is -2.30. The Morgan fingerprint density at radius 1 is 1.50 bits per heavy atom. The molecule has 0 aliphatic carbocycles. The van der Waals surface area contributed by atoms with Gasteiger partial charge in [-0.25, -0.2) is 0 Å². The Kier molecular flexibility index (Phi) is 5.43. The van der Waals surface area contributed by atoms with Gasteiger partial charge in [-0.05, 0) is 37.9 Å². The largest absolute Gasteiger partial charge is 0.307 e. The fourth-order valence-corrected chi connectivity index (χ4v) is 1.93. The normalized spacial score (nSPS) is 19.1. The average Bonchev–Trinajstić information content (AvgIpc) is 2.81. The molecule has 1 fully saturated rings. The molecule has 0 radical (unpaired) electrons. The van der Waals surface area contributed by atoms with Crippen LogP contribution < -0.4 is 5.32 Å². The van der Waals surface area contributed by atoms with Gasteiger partial charge in [0.25, 0.3) is 0 Å². The quantitative estimate of drug-likeness (QED) is 0.872. The van der Waals surface area contributed by atoms with E-state index in [0.29, 0.717) is 12.2 Å². The molecule has 1 aliphatic heterocycles. The second-order valence-corrected chi connectivity index (χ2v) is 3.94. The number of hydrogen-bond acceptors (Lipinski definition) is 3. The molecule has 0 unspecified atom stereocenters. The van der Waals surface area contributed by atoms with Crippen molar-refractivity contribution in [2.24, 2.45) is 0 Å². The van der Waals surface area contributed by atoms with Crippen molar-refractivity contribution in [1.29, 1.82) is 0 Å². The van der Waals surface area contributed by atoms with Gasteiger partial charge in [0.05, 0.1) is 6.04 Å². The SMILES string of the molecule is Cl.O=C(CCc1ccccn1)[C@H]1CCCN1. The Bertz CT molecular complexity index is 323. The number of hydrogen-bond donors (Lipinski definition) is 1. The van der Waals surface area contributed by atoms with Gasteiger partial charge in [0.1, 0.15) is 5.78 Å². The smallest absolute Gasteiger partial charge is 0.150 e. The summed E-state index contributed by atoms with van der Waals surface area (Å²) in [5.41, 5.74) is 1.00. The van der Waals surface area contributed by atoms with Crippen LogP contribution >= 0.6 is 12.4 Å². The highest BCUT2D eigenvalue weighted by Crippen LogP contribution is 2.09. The summed E-state index contributed by atoms with van der Waals surface area (Å²) in [6.45, 7) is 0.986. The van der Waals surface area contributed by atoms with E-state index in [1.807, 2.05) is 18.2 Å². The maximum Gasteiger partial charge on any atom is 0.150 e. The van der Waals surface area contributed by atoms with Gasteiger partial charge in [0, 0.05) is 18.3 Å². The highest BCUT2D eigenvalue weighted by atomic mass is 35.5. The fraction of sp³-hybridized carbons (Fsp3) is 0.500. The van der Waals surface area contributed by atoms with Crippen LogP contribution in [0.3, 0.4) is 0 Å². The van der Waals surface area contributed by atoms with Crippen LogP contribution in [0.15, 0.2) is 24.4 Å². The van der Waals surface area contributed by atoms with Gasteiger partial charge in [-0.3, -0.25) is 9.78 Å². The minimum atomic E-state index is 0. The summed E-state index contributed by atoms with van der Waals surface area (Å²) < 4.78 is 0. The number of aromatic nitrogens is 1. The van der Waals surface area contributed by atoms with Crippen LogP contribution in [0.4, 0.5) is 0 Å². The van der Waals surface area contributed by atoms with E-state index in [0.717, 1.165) is 31.5 Å². The summed E-state index contributed by atoms with van der Waals surface area (Å²) in [5, 5.41) is 3.22. The molecule has 0 spiro atoms. The molecule has 0 amide bonds. The number of nitrogens with one attached hydrogen (secondary N) is 1. The first-order valence-electron chi connectivity index (χ1n) is 5.52. The van der Waals surface area contributed by atoms with E-state index in [-0.39, 0.29) is 18.4 Å². The Labute approximate surface area is 102 Å². The van der Waals surface area contributed by atoms with Gasteiger partial charge < -0.3 is 5.32 Å². The van der Waals surface area contributed by atoms with Crippen molar-refractivity contribution in [1.82, 2.24) is 10.3 Å². The van der Waals surface area contributed by atoms with Gasteiger partial charge in [-0.1, -0.05) is 6.07 Å². The van der Waals surface area contributed by atoms with Gasteiger partial charge in [-0.15, -0.1) is 12.4 Å². The molecule has 2 rings (SSSR count). The van der Waals surface area contributed by atoms with E-state index in [1.165, 1.54) is 0 Å². The molecule has 16 heavy (non-hydrogen) atoms. The number of carbonyl (C=O) groups excluding carboxylic acids is 1. The van der Waals surface area contributed by atoms with Crippen molar-refractivity contribution < 1.29 is 4.79 Å². The first kappa shape index (κ1) is 13.1. The molecule has 1 aromatic heterocycles. The number of nitrogens with zero attached hydrogens (tertiary/aromatic N) is 1. The lowest BCUT2D eigenvalue weighted by atomic mass is 10.1. The lowest BCUT2D eigenvalue weighted by Gasteiger charge is -2.07. The number of aryl methyl sites for hydroxylation is 1. The number of pyridine rings is 1. The predicted molar refractivity (Wildman–Crippen MR) is 65.8 cm³/mol. The van der Waals surface area contributed by atoms with Gasteiger partial charge in [-0.2, -0.15) is 0 Å². The number of Topliss-reactive ketones (excluding diaryl/α,β-unsaturated/α-hetero) is 1. The number of halogens is 1. The van der Waals surface area contributed by atoms with Crippen molar-refractivity contribution in [2.45, 2.75) is 31.7 Å². The van der Waals surface area contributed by atoms with Gasteiger partial charge >= 0.3 is 0 Å². The van der Waals surface area contributed by atoms with Crippen molar-refractivity contribution in [3.8, 4) is 0 Å². The number of rotatable bonds is 4. The Hall–Kier alpha value is -0.930. The monoisotopic (exact) mass is 240 g/mol. The minimum Gasteiger partial charge on any atom is -0.307 e. The first-order valence-corrected chi connectivity index (χ1v) is 5.52. The van der Waals surface area contributed by atoms with Crippen molar-refractivity contribution in [3.05, 3.63) is 30.1 Å². The molecule has 1 saturated heterocycles.